The number of carbonyl (C=O) groups is 1. The molecule has 2 aliphatic heterocycles. The summed E-state index contributed by atoms with van der Waals surface area (Å²) >= 11 is 6.21. The zero-order valence-corrected chi connectivity index (χ0v) is 13.8. The molecule has 118 valence electrons. The van der Waals surface area contributed by atoms with Gasteiger partial charge in [0.05, 0.1) is 5.71 Å². The van der Waals surface area contributed by atoms with Gasteiger partial charge in [0.2, 0.25) is 5.60 Å². The van der Waals surface area contributed by atoms with E-state index >= 15 is 0 Å². The predicted molar refractivity (Wildman–Crippen MR) is 87.1 cm³/mol. The Bertz CT molecular complexity index is 608. The summed E-state index contributed by atoms with van der Waals surface area (Å²) in [5, 5.41) is 4.77. The molecular weight excluding hydrogens is 300 g/mol. The Morgan fingerprint density at radius 2 is 2.05 bits per heavy atom. The van der Waals surface area contributed by atoms with Crippen molar-refractivity contribution >= 4 is 23.2 Å². The highest BCUT2D eigenvalue weighted by molar-refractivity contribution is 6.34. The molecule has 0 radical (unpaired) electrons. The molecular formula is C17H21ClN2O2. The van der Waals surface area contributed by atoms with Crippen LogP contribution in [0.1, 0.15) is 38.7 Å². The summed E-state index contributed by atoms with van der Waals surface area (Å²) in [5.41, 5.74) is 0.675. The highest BCUT2D eigenvalue weighted by Crippen LogP contribution is 2.32. The number of oxime groups is 1. The van der Waals surface area contributed by atoms with Crippen LogP contribution in [0.5, 0.6) is 0 Å². The lowest BCUT2D eigenvalue weighted by molar-refractivity contribution is -0.154. The Kier molecular flexibility index (Phi) is 4.13. The van der Waals surface area contributed by atoms with E-state index in [2.05, 4.69) is 12.1 Å². The Labute approximate surface area is 136 Å². The molecule has 0 spiro atoms. The molecule has 0 N–H and O–H groups in total. The highest BCUT2D eigenvalue weighted by atomic mass is 35.5. The van der Waals surface area contributed by atoms with E-state index in [9.17, 15) is 4.79 Å². The van der Waals surface area contributed by atoms with Crippen LogP contribution in [0.25, 0.3) is 0 Å². The van der Waals surface area contributed by atoms with Gasteiger partial charge in [-0.2, -0.15) is 0 Å². The summed E-state index contributed by atoms with van der Waals surface area (Å²) in [6, 6.07) is 7.51. The second kappa shape index (κ2) is 5.92. The molecule has 0 unspecified atom stereocenters. The molecule has 0 saturated carbocycles. The molecule has 0 bridgehead atoms. The lowest BCUT2D eigenvalue weighted by Gasteiger charge is -2.34. The number of piperidine rings is 1. The Morgan fingerprint density at radius 3 is 2.73 bits per heavy atom. The van der Waals surface area contributed by atoms with Crippen molar-refractivity contribution in [1.82, 2.24) is 4.90 Å². The molecule has 22 heavy (non-hydrogen) atoms. The van der Waals surface area contributed by atoms with Crippen LogP contribution in [0.4, 0.5) is 0 Å². The van der Waals surface area contributed by atoms with Crippen LogP contribution in [0.2, 0.25) is 5.02 Å². The van der Waals surface area contributed by atoms with E-state index < -0.39 is 5.60 Å². The number of amides is 1. The van der Waals surface area contributed by atoms with Crippen LogP contribution in [0.15, 0.2) is 29.4 Å². The average molecular weight is 321 g/mol. The van der Waals surface area contributed by atoms with Crippen molar-refractivity contribution in [3.63, 3.8) is 0 Å². The van der Waals surface area contributed by atoms with Crippen molar-refractivity contribution in [3.8, 4) is 0 Å². The summed E-state index contributed by atoms with van der Waals surface area (Å²) in [7, 11) is 0. The summed E-state index contributed by atoms with van der Waals surface area (Å²) in [4.78, 5) is 20.2. The van der Waals surface area contributed by atoms with Gasteiger partial charge < -0.3 is 9.74 Å². The Morgan fingerprint density at radius 1 is 1.36 bits per heavy atom. The molecule has 1 atom stereocenters. The lowest BCUT2D eigenvalue weighted by Crippen LogP contribution is -2.50. The topological polar surface area (TPSA) is 41.9 Å². The largest absolute Gasteiger partial charge is 0.379 e. The number of benzene rings is 1. The lowest BCUT2D eigenvalue weighted by atomic mass is 9.92. The Hall–Kier alpha value is -1.55. The monoisotopic (exact) mass is 320 g/mol. The van der Waals surface area contributed by atoms with Gasteiger partial charge in [0.25, 0.3) is 5.91 Å². The fourth-order valence-corrected chi connectivity index (χ4v) is 3.29. The van der Waals surface area contributed by atoms with E-state index in [1.54, 1.807) is 0 Å². The Balaban J connectivity index is 1.72. The predicted octanol–water partition coefficient (Wildman–Crippen LogP) is 3.48. The van der Waals surface area contributed by atoms with Gasteiger partial charge in [0, 0.05) is 30.1 Å². The maximum absolute atomic E-state index is 12.8. The quantitative estimate of drug-likeness (QED) is 0.837. The van der Waals surface area contributed by atoms with E-state index in [0.717, 1.165) is 37.2 Å². The van der Waals surface area contributed by atoms with Crippen molar-refractivity contribution in [2.75, 3.05) is 13.1 Å². The van der Waals surface area contributed by atoms with Gasteiger partial charge in [-0.25, -0.2) is 0 Å². The molecule has 1 amide bonds. The molecule has 2 aliphatic rings. The first-order chi connectivity index (χ1) is 10.5. The second-order valence-corrected chi connectivity index (χ2v) is 6.90. The van der Waals surface area contributed by atoms with Crippen LogP contribution >= 0.6 is 11.6 Å². The first kappa shape index (κ1) is 15.3. The van der Waals surface area contributed by atoms with E-state index in [-0.39, 0.29) is 5.91 Å². The van der Waals surface area contributed by atoms with Gasteiger partial charge in [0.15, 0.2) is 0 Å². The number of nitrogens with zero attached hydrogens (tertiary/aromatic N) is 2. The van der Waals surface area contributed by atoms with Crippen molar-refractivity contribution < 1.29 is 9.63 Å². The third-order valence-corrected chi connectivity index (χ3v) is 4.90. The SMILES string of the molecule is CC1CCN(C(=O)[C@@]2(C)CC(c3ccccc3Cl)=NO2)CC1. The van der Waals surface area contributed by atoms with Gasteiger partial charge in [-0.1, -0.05) is 41.9 Å². The molecule has 1 fully saturated rings. The van der Waals surface area contributed by atoms with Crippen molar-refractivity contribution in [2.45, 2.75) is 38.7 Å². The first-order valence-corrected chi connectivity index (χ1v) is 8.17. The van der Waals surface area contributed by atoms with Gasteiger partial charge >= 0.3 is 0 Å². The smallest absolute Gasteiger partial charge is 0.269 e. The van der Waals surface area contributed by atoms with E-state index in [1.165, 1.54) is 0 Å². The minimum atomic E-state index is -0.908. The third-order valence-electron chi connectivity index (χ3n) is 4.57. The van der Waals surface area contributed by atoms with E-state index in [1.807, 2.05) is 36.1 Å². The molecule has 0 aliphatic carbocycles. The molecule has 5 heteroatoms. The average Bonchev–Trinajstić information content (AvgIpc) is 2.91. The summed E-state index contributed by atoms with van der Waals surface area (Å²) in [6.45, 7) is 5.66. The number of halogens is 1. The van der Waals surface area contributed by atoms with Gasteiger partial charge in [-0.3, -0.25) is 4.79 Å². The van der Waals surface area contributed by atoms with E-state index in [4.69, 9.17) is 16.4 Å². The number of carbonyl (C=O) groups excluding carboxylic acids is 1. The molecule has 1 aromatic rings. The maximum Gasteiger partial charge on any atom is 0.269 e. The fourth-order valence-electron chi connectivity index (χ4n) is 3.04. The molecule has 2 heterocycles. The fraction of sp³-hybridized carbons (Fsp3) is 0.529. The summed E-state index contributed by atoms with van der Waals surface area (Å²) < 4.78 is 0. The van der Waals surface area contributed by atoms with E-state index in [0.29, 0.717) is 17.4 Å². The standard InChI is InChI=1S/C17H21ClN2O2/c1-12-7-9-20(10-8-12)16(21)17(2)11-15(19-22-17)13-5-3-4-6-14(13)18/h3-6,12H,7-11H2,1-2H3/t17-/m1/s1. The van der Waals surface area contributed by atoms with Crippen molar-refractivity contribution in [1.29, 1.82) is 0 Å². The molecule has 4 nitrogen and oxygen atoms in total. The van der Waals surface area contributed by atoms with Crippen LogP contribution < -0.4 is 0 Å². The molecule has 1 aromatic carbocycles. The number of hydrogen-bond donors (Lipinski definition) is 0. The second-order valence-electron chi connectivity index (χ2n) is 6.49. The third kappa shape index (κ3) is 2.84. The number of hydrogen-bond acceptors (Lipinski definition) is 3. The van der Waals surface area contributed by atoms with Gasteiger partial charge in [-0.05, 0) is 31.7 Å². The molecule has 1 saturated heterocycles. The van der Waals surface area contributed by atoms with Crippen molar-refractivity contribution in [3.05, 3.63) is 34.9 Å². The number of rotatable bonds is 2. The van der Waals surface area contributed by atoms with Crippen molar-refractivity contribution in [2.24, 2.45) is 11.1 Å². The molecule has 3 rings (SSSR count). The van der Waals surface area contributed by atoms with Crippen LogP contribution in [-0.2, 0) is 9.63 Å². The van der Waals surface area contributed by atoms with Crippen LogP contribution in [-0.4, -0.2) is 35.2 Å². The maximum atomic E-state index is 12.8. The normalized spacial score (nSPS) is 25.8. The highest BCUT2D eigenvalue weighted by Gasteiger charge is 2.45. The zero-order chi connectivity index (χ0) is 15.7. The van der Waals surface area contributed by atoms with Crippen LogP contribution in [0, 0.1) is 5.92 Å². The minimum Gasteiger partial charge on any atom is -0.379 e. The minimum absolute atomic E-state index is 0.0326. The number of likely N-dealkylation sites (tertiary alicyclic amines) is 1. The summed E-state index contributed by atoms with van der Waals surface area (Å²) in [5.74, 6) is 0.724. The summed E-state index contributed by atoms with van der Waals surface area (Å²) in [6.07, 6.45) is 2.57. The molecule has 0 aromatic heterocycles. The van der Waals surface area contributed by atoms with Gasteiger partial charge in [0.1, 0.15) is 0 Å². The zero-order valence-electron chi connectivity index (χ0n) is 13.0. The first-order valence-electron chi connectivity index (χ1n) is 7.79. The van der Waals surface area contributed by atoms with Crippen LogP contribution in [0.3, 0.4) is 0 Å². The van der Waals surface area contributed by atoms with Gasteiger partial charge in [-0.15, -0.1) is 0 Å².